The topological polar surface area (TPSA) is 12.9 Å². The van der Waals surface area contributed by atoms with Crippen LogP contribution < -0.4 is 0 Å². The Hall–Kier alpha value is -0.981. The normalized spacial score (nSPS) is 11.4. The van der Waals surface area contributed by atoms with E-state index in [0.717, 1.165) is 11.3 Å². The number of nitrogens with zero attached hydrogens (tertiary/aromatic N) is 1. The Balaban J connectivity index is 0.00000220. The van der Waals surface area contributed by atoms with E-state index < -0.39 is 0 Å². The van der Waals surface area contributed by atoms with E-state index in [2.05, 4.69) is 82.9 Å². The number of pyridine rings is 1. The predicted molar refractivity (Wildman–Crippen MR) is 92.3 cm³/mol. The first-order chi connectivity index (χ1) is 9.18. The largest absolute Gasteiger partial charge is 0.358 e. The van der Waals surface area contributed by atoms with Crippen molar-refractivity contribution < 1.29 is 20.1 Å². The van der Waals surface area contributed by atoms with E-state index in [1.54, 1.807) is 0 Å². The van der Waals surface area contributed by atoms with Crippen molar-refractivity contribution in [3.05, 3.63) is 61.1 Å². The van der Waals surface area contributed by atoms with Crippen LogP contribution in [-0.2, 0) is 30.9 Å². The van der Waals surface area contributed by atoms with Gasteiger partial charge in [0.05, 0.1) is 0 Å². The summed E-state index contributed by atoms with van der Waals surface area (Å²) in [5.41, 5.74) is 4.90. The molecule has 1 aromatic carbocycles. The second-order valence-corrected chi connectivity index (χ2v) is 7.42. The van der Waals surface area contributed by atoms with Gasteiger partial charge in [0.2, 0.25) is 0 Å². The summed E-state index contributed by atoms with van der Waals surface area (Å²) in [6.45, 7) is 13.3. The molecule has 0 saturated heterocycles. The van der Waals surface area contributed by atoms with E-state index in [0.29, 0.717) is 0 Å². The van der Waals surface area contributed by atoms with Gasteiger partial charge in [0, 0.05) is 26.3 Å². The summed E-state index contributed by atoms with van der Waals surface area (Å²) < 4.78 is 0. The average Bonchev–Trinajstić information content (AvgIpc) is 2.37. The molecule has 0 aliphatic rings. The van der Waals surface area contributed by atoms with Crippen LogP contribution in [0.15, 0.2) is 36.5 Å². The first-order valence-corrected chi connectivity index (χ1v) is 7.17. The average molecular weight is 474 g/mol. The molecule has 0 fully saturated rings. The van der Waals surface area contributed by atoms with Crippen LogP contribution in [0, 0.1) is 13.5 Å². The third kappa shape index (κ3) is 5.04. The van der Waals surface area contributed by atoms with Crippen LogP contribution in [0.2, 0.25) is 0 Å². The van der Waals surface area contributed by atoms with Crippen LogP contribution in [0.1, 0.15) is 52.7 Å². The van der Waals surface area contributed by atoms with Gasteiger partial charge in [0.15, 0.2) is 0 Å². The SMILES string of the molecule is CC(C)(C)c1c[c-]c(-c2ccc(C(C)(C)C)cn2)cc1.[CH3-].[Ir]. The summed E-state index contributed by atoms with van der Waals surface area (Å²) in [7, 11) is 0. The van der Waals surface area contributed by atoms with E-state index in [1.165, 1.54) is 11.1 Å². The zero-order valence-corrected chi connectivity index (χ0v) is 17.1. The molecule has 0 aliphatic carbocycles. The Labute approximate surface area is 149 Å². The molecule has 22 heavy (non-hydrogen) atoms. The fourth-order valence-corrected chi connectivity index (χ4v) is 2.05. The van der Waals surface area contributed by atoms with Gasteiger partial charge in [-0.1, -0.05) is 53.7 Å². The van der Waals surface area contributed by atoms with Gasteiger partial charge in [0.25, 0.3) is 0 Å². The van der Waals surface area contributed by atoms with E-state index in [9.17, 15) is 0 Å². The molecule has 2 heteroatoms. The Morgan fingerprint density at radius 3 is 1.73 bits per heavy atom. The van der Waals surface area contributed by atoms with Gasteiger partial charge in [-0.25, -0.2) is 0 Å². The van der Waals surface area contributed by atoms with Crippen LogP contribution in [0.25, 0.3) is 11.3 Å². The second kappa shape index (κ2) is 7.53. The van der Waals surface area contributed by atoms with E-state index in [4.69, 9.17) is 0 Å². The van der Waals surface area contributed by atoms with Gasteiger partial charge < -0.3 is 12.4 Å². The molecule has 0 saturated carbocycles. The van der Waals surface area contributed by atoms with Crippen LogP contribution in [0.5, 0.6) is 0 Å². The zero-order chi connectivity index (χ0) is 15.0. The fourth-order valence-electron chi connectivity index (χ4n) is 2.05. The van der Waals surface area contributed by atoms with Gasteiger partial charge >= 0.3 is 0 Å². The molecule has 0 amide bonds. The fraction of sp³-hybridized carbons (Fsp3) is 0.400. The molecule has 0 bridgehead atoms. The summed E-state index contributed by atoms with van der Waals surface area (Å²) in [6.07, 6.45) is 1.97. The number of hydrogen-bond donors (Lipinski definition) is 0. The zero-order valence-electron chi connectivity index (χ0n) is 14.7. The maximum Gasteiger partial charge on any atom is 0.0198 e. The van der Waals surface area contributed by atoms with E-state index in [-0.39, 0.29) is 38.4 Å². The molecule has 0 spiro atoms. The Bertz CT molecular complexity index is 514. The first kappa shape index (κ1) is 21.0. The maximum atomic E-state index is 4.58. The second-order valence-electron chi connectivity index (χ2n) is 7.42. The monoisotopic (exact) mass is 474 g/mol. The van der Waals surface area contributed by atoms with Gasteiger partial charge in [-0.3, -0.25) is 0 Å². The number of benzene rings is 1. The molecule has 0 atom stereocenters. The first-order valence-electron chi connectivity index (χ1n) is 7.17. The minimum atomic E-state index is 0. The molecule has 2 aromatic rings. The Morgan fingerprint density at radius 1 is 0.818 bits per heavy atom. The smallest absolute Gasteiger partial charge is 0.0198 e. The van der Waals surface area contributed by atoms with E-state index in [1.807, 2.05) is 6.20 Å². The van der Waals surface area contributed by atoms with Crippen LogP contribution >= 0.6 is 0 Å². The minimum Gasteiger partial charge on any atom is -0.358 e. The maximum absolute atomic E-state index is 4.58. The molecule has 123 valence electrons. The quantitative estimate of drug-likeness (QED) is 0.492. The molecule has 1 aromatic heterocycles. The summed E-state index contributed by atoms with van der Waals surface area (Å²) in [4.78, 5) is 4.58. The molecule has 2 rings (SSSR count). The van der Waals surface area contributed by atoms with E-state index >= 15 is 0 Å². The molecule has 1 radical (unpaired) electrons. The molecular formula is C20H27IrN-2. The van der Waals surface area contributed by atoms with Crippen LogP contribution in [0.3, 0.4) is 0 Å². The Morgan fingerprint density at radius 2 is 1.36 bits per heavy atom. The third-order valence-corrected chi connectivity index (χ3v) is 3.58. The van der Waals surface area contributed by atoms with Crippen molar-refractivity contribution in [1.29, 1.82) is 0 Å². The van der Waals surface area contributed by atoms with Crippen molar-refractivity contribution >= 4 is 0 Å². The predicted octanol–water partition coefficient (Wildman–Crippen LogP) is 5.59. The van der Waals surface area contributed by atoms with Gasteiger partial charge in [0.1, 0.15) is 0 Å². The summed E-state index contributed by atoms with van der Waals surface area (Å²) >= 11 is 0. The standard InChI is InChI=1S/C19H24N.CH3.Ir/c1-18(2,3)15-9-7-14(8-10-15)17-12-11-16(13-20-17)19(4,5)6;;/h7,9-13H,1-6H3;1H3;/q2*-1;. The summed E-state index contributed by atoms with van der Waals surface area (Å²) in [5, 5.41) is 0. The molecule has 0 unspecified atom stereocenters. The molecule has 0 aliphatic heterocycles. The number of aromatic nitrogens is 1. The van der Waals surface area contributed by atoms with Crippen molar-refractivity contribution in [2.75, 3.05) is 0 Å². The van der Waals surface area contributed by atoms with Crippen LogP contribution in [-0.4, -0.2) is 4.98 Å². The van der Waals surface area contributed by atoms with Crippen molar-refractivity contribution in [3.63, 3.8) is 0 Å². The van der Waals surface area contributed by atoms with Gasteiger partial charge in [-0.2, -0.15) is 0 Å². The van der Waals surface area contributed by atoms with Crippen molar-refractivity contribution in [2.45, 2.75) is 52.4 Å². The number of hydrogen-bond acceptors (Lipinski definition) is 1. The van der Waals surface area contributed by atoms with Gasteiger partial charge in [-0.15, -0.1) is 35.4 Å². The van der Waals surface area contributed by atoms with Crippen molar-refractivity contribution in [1.82, 2.24) is 4.98 Å². The third-order valence-electron chi connectivity index (χ3n) is 3.58. The molecule has 0 N–H and O–H groups in total. The summed E-state index contributed by atoms with van der Waals surface area (Å²) in [6, 6.07) is 14.0. The molecule has 1 heterocycles. The van der Waals surface area contributed by atoms with Gasteiger partial charge in [-0.05, 0) is 22.1 Å². The van der Waals surface area contributed by atoms with Crippen LogP contribution in [0.4, 0.5) is 0 Å². The molecule has 1 nitrogen and oxygen atoms in total. The van der Waals surface area contributed by atoms with Crippen molar-refractivity contribution in [2.24, 2.45) is 0 Å². The molecular weight excluding hydrogens is 446 g/mol. The minimum absolute atomic E-state index is 0. The van der Waals surface area contributed by atoms with Crippen molar-refractivity contribution in [3.8, 4) is 11.3 Å². The summed E-state index contributed by atoms with van der Waals surface area (Å²) in [5.74, 6) is 0. The Kier molecular flexibility index (Phi) is 7.19. The number of rotatable bonds is 1.